The van der Waals surface area contributed by atoms with Crippen molar-refractivity contribution < 1.29 is 4.79 Å². The number of nitrogens with one attached hydrogen (secondary N) is 1. The summed E-state index contributed by atoms with van der Waals surface area (Å²) in [6.07, 6.45) is 2.19. The summed E-state index contributed by atoms with van der Waals surface area (Å²) in [4.78, 5) is 11.5. The minimum Gasteiger partial charge on any atom is -0.353 e. The zero-order valence-corrected chi connectivity index (χ0v) is 8.34. The molecule has 1 N–H and O–H groups in total. The minimum absolute atomic E-state index is 0.229. The zero-order chi connectivity index (χ0) is 9.59. The number of rotatable bonds is 2. The Labute approximate surface area is 79.4 Å². The Kier molecular flexibility index (Phi) is 1.94. The molecule has 2 bridgehead atoms. The average Bonchev–Trinajstić information content (AvgIpc) is 2.58. The van der Waals surface area contributed by atoms with Crippen molar-refractivity contribution >= 4 is 5.91 Å². The molecule has 2 rings (SSSR count). The molecule has 1 aliphatic heterocycles. The average molecular weight is 179 g/mol. The normalized spacial score (nSPS) is 42.2. The first kappa shape index (κ1) is 8.79. The van der Waals surface area contributed by atoms with Crippen molar-refractivity contribution in [2.45, 2.75) is 32.7 Å². The van der Waals surface area contributed by atoms with Gasteiger partial charge >= 0.3 is 0 Å². The van der Waals surface area contributed by atoms with Crippen LogP contribution in [0.25, 0.3) is 0 Å². The summed E-state index contributed by atoms with van der Waals surface area (Å²) in [6, 6.07) is 0.434. The second kappa shape index (κ2) is 2.86. The molecule has 72 valence electrons. The van der Waals surface area contributed by atoms with Gasteiger partial charge in [0.1, 0.15) is 0 Å². The summed E-state index contributed by atoms with van der Waals surface area (Å²) in [5.74, 6) is 1.57. The molecular weight excluding hydrogens is 162 g/mol. The molecule has 1 saturated carbocycles. The molecule has 2 nitrogen and oxygen atoms in total. The Morgan fingerprint density at radius 1 is 1.69 bits per heavy atom. The summed E-state index contributed by atoms with van der Waals surface area (Å²) >= 11 is 0. The molecule has 0 radical (unpaired) electrons. The van der Waals surface area contributed by atoms with Crippen LogP contribution in [0.2, 0.25) is 0 Å². The van der Waals surface area contributed by atoms with Crippen LogP contribution in [-0.4, -0.2) is 11.9 Å². The van der Waals surface area contributed by atoms with Crippen LogP contribution in [0.5, 0.6) is 0 Å². The maximum atomic E-state index is 11.5. The van der Waals surface area contributed by atoms with Crippen molar-refractivity contribution in [1.29, 1.82) is 0 Å². The Morgan fingerprint density at radius 3 is 2.92 bits per heavy atom. The molecule has 1 heterocycles. The molecule has 0 aromatic carbocycles. The molecule has 2 fully saturated rings. The second-order valence-electron chi connectivity index (χ2n) is 4.40. The van der Waals surface area contributed by atoms with Crippen LogP contribution in [0.4, 0.5) is 0 Å². The lowest BCUT2D eigenvalue weighted by molar-refractivity contribution is -0.125. The number of carbonyl (C=O) groups excluding carboxylic acids is 1. The van der Waals surface area contributed by atoms with E-state index in [1.54, 1.807) is 0 Å². The van der Waals surface area contributed by atoms with Crippen molar-refractivity contribution in [3.63, 3.8) is 0 Å². The van der Waals surface area contributed by atoms with E-state index in [4.69, 9.17) is 0 Å². The van der Waals surface area contributed by atoms with Gasteiger partial charge in [-0.2, -0.15) is 0 Å². The zero-order valence-electron chi connectivity index (χ0n) is 8.34. The van der Waals surface area contributed by atoms with Crippen molar-refractivity contribution in [3.8, 4) is 0 Å². The van der Waals surface area contributed by atoms with E-state index >= 15 is 0 Å². The highest BCUT2D eigenvalue weighted by Crippen LogP contribution is 2.46. The molecular formula is C11H17NO. The van der Waals surface area contributed by atoms with Gasteiger partial charge in [-0.05, 0) is 25.2 Å². The number of piperidine rings is 1. The fraction of sp³-hybridized carbons (Fsp3) is 0.727. The van der Waals surface area contributed by atoms with E-state index in [0.717, 1.165) is 12.8 Å². The van der Waals surface area contributed by atoms with E-state index in [-0.39, 0.29) is 11.8 Å². The standard InChI is InChI=1S/C11H17NO/c1-4-7-9-5-8(11(13)12-9)10(7)6(2)3/h7-10H,2,4-5H2,1,3H3,(H,12,13). The first-order valence-electron chi connectivity index (χ1n) is 5.11. The Hall–Kier alpha value is -0.790. The van der Waals surface area contributed by atoms with Crippen LogP contribution in [0, 0.1) is 17.8 Å². The van der Waals surface area contributed by atoms with Crippen molar-refractivity contribution in [3.05, 3.63) is 12.2 Å². The van der Waals surface area contributed by atoms with Crippen LogP contribution in [-0.2, 0) is 4.79 Å². The highest BCUT2D eigenvalue weighted by Gasteiger charge is 2.51. The van der Waals surface area contributed by atoms with Crippen molar-refractivity contribution in [1.82, 2.24) is 5.32 Å². The van der Waals surface area contributed by atoms with Gasteiger partial charge in [-0.1, -0.05) is 25.5 Å². The second-order valence-corrected chi connectivity index (χ2v) is 4.40. The van der Waals surface area contributed by atoms with Crippen LogP contribution in [0.1, 0.15) is 26.7 Å². The van der Waals surface area contributed by atoms with Crippen LogP contribution >= 0.6 is 0 Å². The maximum Gasteiger partial charge on any atom is 0.224 e. The van der Waals surface area contributed by atoms with Gasteiger partial charge in [0.05, 0.1) is 0 Å². The van der Waals surface area contributed by atoms with Crippen LogP contribution in [0.15, 0.2) is 12.2 Å². The fourth-order valence-electron chi connectivity index (χ4n) is 3.12. The SMILES string of the molecule is C=C(C)C1C2CC(NC2=O)C1CC. The molecule has 1 aliphatic carbocycles. The van der Waals surface area contributed by atoms with E-state index in [2.05, 4.69) is 25.7 Å². The lowest BCUT2D eigenvalue weighted by atomic mass is 9.80. The predicted octanol–water partition coefficient (Wildman–Crippen LogP) is 1.72. The number of hydrogen-bond donors (Lipinski definition) is 1. The van der Waals surface area contributed by atoms with E-state index in [0.29, 0.717) is 17.9 Å². The first-order valence-corrected chi connectivity index (χ1v) is 5.11. The molecule has 4 atom stereocenters. The molecule has 0 aromatic rings. The minimum atomic E-state index is 0.229. The summed E-state index contributed by atoms with van der Waals surface area (Å²) in [6.45, 7) is 8.27. The number of fused-ring (bicyclic) bond motifs is 2. The van der Waals surface area contributed by atoms with Crippen molar-refractivity contribution in [2.75, 3.05) is 0 Å². The molecule has 1 amide bonds. The van der Waals surface area contributed by atoms with Crippen LogP contribution < -0.4 is 5.32 Å². The molecule has 4 unspecified atom stereocenters. The maximum absolute atomic E-state index is 11.5. The molecule has 0 spiro atoms. The quantitative estimate of drug-likeness (QED) is 0.642. The third-order valence-corrected chi connectivity index (χ3v) is 3.62. The number of hydrogen-bond acceptors (Lipinski definition) is 1. The van der Waals surface area contributed by atoms with Gasteiger partial charge in [0, 0.05) is 12.0 Å². The fourth-order valence-corrected chi connectivity index (χ4v) is 3.12. The molecule has 13 heavy (non-hydrogen) atoms. The van der Waals surface area contributed by atoms with Gasteiger partial charge in [0.15, 0.2) is 0 Å². The van der Waals surface area contributed by atoms with E-state index in [1.165, 1.54) is 5.57 Å². The largest absolute Gasteiger partial charge is 0.353 e. The Bertz CT molecular complexity index is 259. The van der Waals surface area contributed by atoms with Gasteiger partial charge in [-0.15, -0.1) is 0 Å². The molecule has 0 aromatic heterocycles. The summed E-state index contributed by atoms with van der Waals surface area (Å²) in [5.41, 5.74) is 1.19. The monoisotopic (exact) mass is 179 g/mol. The lowest BCUT2D eigenvalue weighted by Crippen LogP contribution is -2.42. The van der Waals surface area contributed by atoms with Gasteiger partial charge in [0.2, 0.25) is 5.91 Å². The number of amides is 1. The highest BCUT2D eigenvalue weighted by atomic mass is 16.2. The number of allylic oxidation sites excluding steroid dienone is 1. The van der Waals surface area contributed by atoms with Crippen molar-refractivity contribution in [2.24, 2.45) is 17.8 Å². The topological polar surface area (TPSA) is 29.1 Å². The van der Waals surface area contributed by atoms with E-state index in [1.807, 2.05) is 0 Å². The summed E-state index contributed by atoms with van der Waals surface area (Å²) < 4.78 is 0. The first-order chi connectivity index (χ1) is 6.15. The highest BCUT2D eigenvalue weighted by molar-refractivity contribution is 5.83. The third kappa shape index (κ3) is 1.11. The Morgan fingerprint density at radius 2 is 2.38 bits per heavy atom. The predicted molar refractivity (Wildman–Crippen MR) is 52.1 cm³/mol. The van der Waals surface area contributed by atoms with Gasteiger partial charge in [0.25, 0.3) is 0 Å². The lowest BCUT2D eigenvalue weighted by Gasteiger charge is -2.30. The third-order valence-electron chi connectivity index (χ3n) is 3.62. The molecule has 2 heteroatoms. The van der Waals surface area contributed by atoms with Gasteiger partial charge < -0.3 is 5.32 Å². The van der Waals surface area contributed by atoms with Gasteiger partial charge in [-0.25, -0.2) is 0 Å². The Balaban J connectivity index is 2.24. The van der Waals surface area contributed by atoms with E-state index in [9.17, 15) is 4.79 Å². The molecule has 2 aliphatic rings. The van der Waals surface area contributed by atoms with Gasteiger partial charge in [-0.3, -0.25) is 4.79 Å². The van der Waals surface area contributed by atoms with Crippen LogP contribution in [0.3, 0.4) is 0 Å². The van der Waals surface area contributed by atoms with E-state index < -0.39 is 0 Å². The molecule has 1 saturated heterocycles. The number of carbonyl (C=O) groups is 1. The smallest absolute Gasteiger partial charge is 0.224 e. The summed E-state index contributed by atoms with van der Waals surface area (Å²) in [7, 11) is 0. The summed E-state index contributed by atoms with van der Waals surface area (Å²) in [5, 5.41) is 3.06.